The summed E-state index contributed by atoms with van der Waals surface area (Å²) in [7, 11) is 2.04. The average Bonchev–Trinajstić information content (AvgIpc) is 2.96. The summed E-state index contributed by atoms with van der Waals surface area (Å²) in [5.74, 6) is 6.91. The van der Waals surface area contributed by atoms with Crippen LogP contribution in [0.15, 0.2) is 12.4 Å². The van der Waals surface area contributed by atoms with E-state index >= 15 is 0 Å². The van der Waals surface area contributed by atoms with E-state index < -0.39 is 0 Å². The van der Waals surface area contributed by atoms with Gasteiger partial charge in [0.2, 0.25) is 0 Å². The molecule has 0 spiro atoms. The molecule has 0 saturated heterocycles. The normalized spacial score (nSPS) is 20.6. The molecule has 1 fully saturated rings. The van der Waals surface area contributed by atoms with Crippen LogP contribution in [0.2, 0.25) is 0 Å². The zero-order valence-corrected chi connectivity index (χ0v) is 10.9. The van der Waals surface area contributed by atoms with Gasteiger partial charge in [0, 0.05) is 31.9 Å². The summed E-state index contributed by atoms with van der Waals surface area (Å²) in [5.41, 5.74) is 3.42. The van der Waals surface area contributed by atoms with Crippen LogP contribution >= 0.6 is 0 Å². The second-order valence-corrected chi connectivity index (χ2v) is 5.30. The van der Waals surface area contributed by atoms with Gasteiger partial charge in [0.15, 0.2) is 0 Å². The van der Waals surface area contributed by atoms with Gasteiger partial charge in [-0.25, -0.2) is 4.98 Å². The molecule has 17 heavy (non-hydrogen) atoms. The first kappa shape index (κ1) is 12.6. The second kappa shape index (κ2) is 5.19. The zero-order valence-electron chi connectivity index (χ0n) is 10.9. The Balaban J connectivity index is 2.13. The highest BCUT2D eigenvalue weighted by Gasteiger charge is 2.39. The van der Waals surface area contributed by atoms with Gasteiger partial charge in [0.1, 0.15) is 5.82 Å². The highest BCUT2D eigenvalue weighted by Crippen LogP contribution is 2.44. The zero-order chi connectivity index (χ0) is 12.3. The van der Waals surface area contributed by atoms with E-state index in [1.165, 1.54) is 32.1 Å². The van der Waals surface area contributed by atoms with Gasteiger partial charge in [-0.3, -0.25) is 11.3 Å². The minimum atomic E-state index is 0.344. The SMILES string of the molecule is CCC1(C(Cc2nccn2C)NN)CCCC1. The number of nitrogens with one attached hydrogen (secondary N) is 1. The van der Waals surface area contributed by atoms with Crippen molar-refractivity contribution in [1.82, 2.24) is 15.0 Å². The number of imidazole rings is 1. The maximum absolute atomic E-state index is 5.79. The van der Waals surface area contributed by atoms with E-state index in [0.29, 0.717) is 11.5 Å². The van der Waals surface area contributed by atoms with Crippen molar-refractivity contribution in [3.8, 4) is 0 Å². The number of rotatable bonds is 5. The molecule has 4 heteroatoms. The van der Waals surface area contributed by atoms with Gasteiger partial charge in [-0.1, -0.05) is 19.8 Å². The first-order chi connectivity index (χ1) is 8.22. The molecule has 0 bridgehead atoms. The molecule has 0 radical (unpaired) electrons. The van der Waals surface area contributed by atoms with Gasteiger partial charge in [0.05, 0.1) is 0 Å². The van der Waals surface area contributed by atoms with Gasteiger partial charge in [-0.15, -0.1) is 0 Å². The van der Waals surface area contributed by atoms with E-state index in [2.05, 4.69) is 21.9 Å². The molecule has 1 atom stereocenters. The minimum absolute atomic E-state index is 0.344. The molecule has 96 valence electrons. The minimum Gasteiger partial charge on any atom is -0.338 e. The molecule has 0 amide bonds. The van der Waals surface area contributed by atoms with Crippen LogP contribution in [0.3, 0.4) is 0 Å². The van der Waals surface area contributed by atoms with Crippen LogP contribution in [0.25, 0.3) is 0 Å². The third-order valence-corrected chi connectivity index (χ3v) is 4.55. The summed E-state index contributed by atoms with van der Waals surface area (Å²) in [6.45, 7) is 2.29. The van der Waals surface area contributed by atoms with Crippen LogP contribution in [0.5, 0.6) is 0 Å². The van der Waals surface area contributed by atoms with Crippen LogP contribution in [-0.4, -0.2) is 15.6 Å². The van der Waals surface area contributed by atoms with Gasteiger partial charge in [-0.2, -0.15) is 0 Å². The van der Waals surface area contributed by atoms with E-state index in [-0.39, 0.29) is 0 Å². The number of aryl methyl sites for hydroxylation is 1. The molecule has 3 N–H and O–H groups in total. The second-order valence-electron chi connectivity index (χ2n) is 5.30. The third-order valence-electron chi connectivity index (χ3n) is 4.55. The molecule has 1 aliphatic rings. The Kier molecular flexibility index (Phi) is 3.84. The summed E-state index contributed by atoms with van der Waals surface area (Å²) in [5, 5.41) is 0. The van der Waals surface area contributed by atoms with Gasteiger partial charge in [-0.05, 0) is 24.7 Å². The van der Waals surface area contributed by atoms with Crippen molar-refractivity contribution < 1.29 is 0 Å². The van der Waals surface area contributed by atoms with Gasteiger partial charge < -0.3 is 4.57 Å². The average molecular weight is 236 g/mol. The highest BCUT2D eigenvalue weighted by atomic mass is 15.2. The largest absolute Gasteiger partial charge is 0.338 e. The Hall–Kier alpha value is -0.870. The molecule has 0 aliphatic heterocycles. The lowest BCUT2D eigenvalue weighted by Crippen LogP contribution is -2.48. The lowest BCUT2D eigenvalue weighted by molar-refractivity contribution is 0.182. The molecule has 1 unspecified atom stereocenters. The maximum atomic E-state index is 5.79. The number of nitrogens with two attached hydrogens (primary N) is 1. The van der Waals surface area contributed by atoms with Crippen molar-refractivity contribution in [2.45, 2.75) is 51.5 Å². The molecule has 4 nitrogen and oxygen atoms in total. The smallest absolute Gasteiger partial charge is 0.109 e. The molecular weight excluding hydrogens is 212 g/mol. The standard InChI is InChI=1S/C13H24N4/c1-3-13(6-4-5-7-13)11(16-14)10-12-15-8-9-17(12)2/h8-9,11,16H,3-7,10,14H2,1-2H3. The number of hydrazine groups is 1. The van der Waals surface area contributed by atoms with E-state index in [0.717, 1.165) is 12.2 Å². The number of hydrogen-bond donors (Lipinski definition) is 2. The molecule has 1 aromatic rings. The Bertz CT molecular complexity index is 352. The fraction of sp³-hybridized carbons (Fsp3) is 0.769. The molecular formula is C13H24N4. The third kappa shape index (κ3) is 2.38. The lowest BCUT2D eigenvalue weighted by Gasteiger charge is -2.36. The Morgan fingerprint density at radius 2 is 2.24 bits per heavy atom. The number of nitrogens with zero attached hydrogens (tertiary/aromatic N) is 2. The van der Waals surface area contributed by atoms with Crippen molar-refractivity contribution in [2.24, 2.45) is 18.3 Å². The molecule has 0 aromatic carbocycles. The van der Waals surface area contributed by atoms with Gasteiger partial charge in [0.25, 0.3) is 0 Å². The first-order valence-corrected chi connectivity index (χ1v) is 6.64. The quantitative estimate of drug-likeness (QED) is 0.605. The molecule has 1 heterocycles. The summed E-state index contributed by atoms with van der Waals surface area (Å²) >= 11 is 0. The van der Waals surface area contributed by atoms with Crippen LogP contribution < -0.4 is 11.3 Å². The molecule has 1 aliphatic carbocycles. The first-order valence-electron chi connectivity index (χ1n) is 6.64. The Morgan fingerprint density at radius 1 is 1.53 bits per heavy atom. The van der Waals surface area contributed by atoms with Gasteiger partial charge >= 0.3 is 0 Å². The predicted molar refractivity (Wildman–Crippen MR) is 69.2 cm³/mol. The fourth-order valence-electron chi connectivity index (χ4n) is 3.26. The van der Waals surface area contributed by atoms with E-state index in [1.54, 1.807) is 0 Å². The molecule has 1 aromatic heterocycles. The predicted octanol–water partition coefficient (Wildman–Crippen LogP) is 1.76. The fourth-order valence-corrected chi connectivity index (χ4v) is 3.26. The van der Waals surface area contributed by atoms with Crippen molar-refractivity contribution in [2.75, 3.05) is 0 Å². The van der Waals surface area contributed by atoms with Crippen LogP contribution in [0.1, 0.15) is 44.9 Å². The highest BCUT2D eigenvalue weighted by molar-refractivity contribution is 5.01. The van der Waals surface area contributed by atoms with Crippen molar-refractivity contribution >= 4 is 0 Å². The van der Waals surface area contributed by atoms with E-state index in [9.17, 15) is 0 Å². The van der Waals surface area contributed by atoms with Crippen LogP contribution in [0.4, 0.5) is 0 Å². The summed E-state index contributed by atoms with van der Waals surface area (Å²) in [6, 6.07) is 0.344. The Labute approximate surface area is 104 Å². The van der Waals surface area contributed by atoms with Crippen LogP contribution in [0, 0.1) is 5.41 Å². The topological polar surface area (TPSA) is 55.9 Å². The summed E-state index contributed by atoms with van der Waals surface area (Å²) in [6.07, 6.45) is 11.2. The van der Waals surface area contributed by atoms with Crippen molar-refractivity contribution in [3.63, 3.8) is 0 Å². The van der Waals surface area contributed by atoms with Crippen molar-refractivity contribution in [1.29, 1.82) is 0 Å². The Morgan fingerprint density at radius 3 is 2.71 bits per heavy atom. The maximum Gasteiger partial charge on any atom is 0.109 e. The van der Waals surface area contributed by atoms with Crippen molar-refractivity contribution in [3.05, 3.63) is 18.2 Å². The summed E-state index contributed by atoms with van der Waals surface area (Å²) < 4.78 is 2.09. The van der Waals surface area contributed by atoms with E-state index in [1.807, 2.05) is 19.4 Å². The number of aromatic nitrogens is 2. The van der Waals surface area contributed by atoms with Crippen LogP contribution in [-0.2, 0) is 13.5 Å². The molecule has 1 saturated carbocycles. The monoisotopic (exact) mass is 236 g/mol. The molecule has 2 rings (SSSR count). The number of hydrogen-bond acceptors (Lipinski definition) is 3. The lowest BCUT2D eigenvalue weighted by atomic mass is 9.75. The summed E-state index contributed by atoms with van der Waals surface area (Å²) in [4.78, 5) is 4.41. The van der Waals surface area contributed by atoms with E-state index in [4.69, 9.17) is 5.84 Å².